The van der Waals surface area contributed by atoms with Crippen LogP contribution in [0.5, 0.6) is 0 Å². The van der Waals surface area contributed by atoms with Crippen LogP contribution in [0.2, 0.25) is 5.02 Å². The van der Waals surface area contributed by atoms with E-state index in [9.17, 15) is 15.0 Å². The van der Waals surface area contributed by atoms with Crippen LogP contribution in [0, 0.1) is 5.41 Å². The highest BCUT2D eigenvalue weighted by atomic mass is 79.9. The maximum Gasteiger partial charge on any atom is 0.312 e. The molecule has 0 spiro atoms. The van der Waals surface area contributed by atoms with Crippen LogP contribution in [-0.2, 0) is 10.4 Å². The molecule has 0 radical (unpaired) electrons. The van der Waals surface area contributed by atoms with Crippen LogP contribution in [0.1, 0.15) is 26.3 Å². The van der Waals surface area contributed by atoms with Crippen molar-refractivity contribution in [2.45, 2.75) is 26.4 Å². The smallest absolute Gasteiger partial charge is 0.312 e. The molecule has 0 aromatic heterocycles. The van der Waals surface area contributed by atoms with Crippen molar-refractivity contribution in [3.05, 3.63) is 33.3 Å². The number of halogens is 2. The summed E-state index contributed by atoms with van der Waals surface area (Å²) in [7, 11) is 0. The fourth-order valence-electron chi connectivity index (χ4n) is 1.43. The average molecular weight is 322 g/mol. The maximum absolute atomic E-state index is 11.2. The standard InChI is InChI=1S/C12H14BrClO3/c1-11(2,10(15)16)12(3,17)8-5-4-7(13)6-9(8)14/h4-6,17H,1-3H3,(H,15,16). The molecule has 0 heterocycles. The maximum atomic E-state index is 11.2. The van der Waals surface area contributed by atoms with Gasteiger partial charge in [0.1, 0.15) is 5.60 Å². The molecule has 1 unspecified atom stereocenters. The number of benzene rings is 1. The summed E-state index contributed by atoms with van der Waals surface area (Å²) in [6.07, 6.45) is 0. The summed E-state index contributed by atoms with van der Waals surface area (Å²) in [6, 6.07) is 4.97. The molecule has 0 fully saturated rings. The first-order valence-corrected chi connectivity index (χ1v) is 6.19. The Bertz CT molecular complexity index is 455. The Morgan fingerprint density at radius 3 is 2.29 bits per heavy atom. The molecule has 0 aliphatic carbocycles. The van der Waals surface area contributed by atoms with Crippen LogP contribution >= 0.6 is 27.5 Å². The molecule has 0 amide bonds. The quantitative estimate of drug-likeness (QED) is 0.897. The van der Waals surface area contributed by atoms with Crippen LogP contribution < -0.4 is 0 Å². The zero-order valence-electron chi connectivity index (χ0n) is 9.79. The third-order valence-corrected chi connectivity index (χ3v) is 4.01. The minimum absolute atomic E-state index is 0.332. The molecule has 3 nitrogen and oxygen atoms in total. The monoisotopic (exact) mass is 320 g/mol. The molecule has 1 rings (SSSR count). The summed E-state index contributed by atoms with van der Waals surface area (Å²) in [5.74, 6) is -1.08. The van der Waals surface area contributed by atoms with Gasteiger partial charge in [-0.05, 0) is 32.9 Å². The highest BCUT2D eigenvalue weighted by Gasteiger charge is 2.47. The van der Waals surface area contributed by atoms with Gasteiger partial charge in [-0.2, -0.15) is 0 Å². The Hall–Kier alpha value is -0.580. The second-order valence-corrected chi connectivity index (χ2v) is 5.95. The molecular weight excluding hydrogens is 307 g/mol. The molecule has 1 aromatic rings. The minimum atomic E-state index is -1.56. The summed E-state index contributed by atoms with van der Waals surface area (Å²) >= 11 is 9.30. The van der Waals surface area contributed by atoms with Gasteiger partial charge >= 0.3 is 5.97 Å². The van der Waals surface area contributed by atoms with Gasteiger partial charge in [-0.3, -0.25) is 4.79 Å². The van der Waals surface area contributed by atoms with Gasteiger partial charge in [0.25, 0.3) is 0 Å². The number of carbonyl (C=O) groups is 1. The molecular formula is C12H14BrClO3. The normalized spacial score (nSPS) is 15.4. The minimum Gasteiger partial charge on any atom is -0.481 e. The summed E-state index contributed by atoms with van der Waals surface area (Å²) in [4.78, 5) is 11.2. The lowest BCUT2D eigenvalue weighted by Gasteiger charge is -2.37. The lowest BCUT2D eigenvalue weighted by atomic mass is 9.72. The van der Waals surface area contributed by atoms with Crippen molar-refractivity contribution in [3.63, 3.8) is 0 Å². The van der Waals surface area contributed by atoms with Crippen LogP contribution in [-0.4, -0.2) is 16.2 Å². The van der Waals surface area contributed by atoms with E-state index in [1.54, 1.807) is 18.2 Å². The van der Waals surface area contributed by atoms with Gasteiger partial charge in [-0.1, -0.05) is 33.6 Å². The molecule has 1 atom stereocenters. The first kappa shape index (κ1) is 14.5. The van der Waals surface area contributed by atoms with Crippen molar-refractivity contribution in [1.82, 2.24) is 0 Å². The van der Waals surface area contributed by atoms with E-state index in [0.717, 1.165) is 4.47 Å². The van der Waals surface area contributed by atoms with Crippen molar-refractivity contribution >= 4 is 33.5 Å². The molecule has 17 heavy (non-hydrogen) atoms. The van der Waals surface area contributed by atoms with Gasteiger partial charge in [-0.15, -0.1) is 0 Å². The molecule has 2 N–H and O–H groups in total. The van der Waals surface area contributed by atoms with Crippen LogP contribution in [0.15, 0.2) is 22.7 Å². The van der Waals surface area contributed by atoms with E-state index >= 15 is 0 Å². The fraction of sp³-hybridized carbons (Fsp3) is 0.417. The van der Waals surface area contributed by atoms with E-state index in [2.05, 4.69) is 15.9 Å². The Morgan fingerprint density at radius 1 is 1.35 bits per heavy atom. The second kappa shape index (κ2) is 4.59. The largest absolute Gasteiger partial charge is 0.481 e. The van der Waals surface area contributed by atoms with Gasteiger partial charge in [0.2, 0.25) is 0 Å². The zero-order valence-corrected chi connectivity index (χ0v) is 12.1. The summed E-state index contributed by atoms with van der Waals surface area (Å²) in [5, 5.41) is 20.0. The third-order valence-electron chi connectivity index (χ3n) is 3.21. The van der Waals surface area contributed by atoms with E-state index in [-0.39, 0.29) is 0 Å². The number of rotatable bonds is 3. The van der Waals surface area contributed by atoms with Gasteiger partial charge < -0.3 is 10.2 Å². The van der Waals surface area contributed by atoms with Gasteiger partial charge in [0, 0.05) is 15.1 Å². The molecule has 1 aromatic carbocycles. The van der Waals surface area contributed by atoms with E-state index < -0.39 is 17.0 Å². The van der Waals surface area contributed by atoms with E-state index in [0.29, 0.717) is 10.6 Å². The predicted molar refractivity (Wildman–Crippen MR) is 70.1 cm³/mol. The molecule has 0 aliphatic rings. The van der Waals surface area contributed by atoms with Crippen LogP contribution in [0.25, 0.3) is 0 Å². The van der Waals surface area contributed by atoms with Crippen molar-refractivity contribution in [3.8, 4) is 0 Å². The second-order valence-electron chi connectivity index (χ2n) is 4.63. The molecule has 0 aliphatic heterocycles. The van der Waals surface area contributed by atoms with Gasteiger partial charge in [-0.25, -0.2) is 0 Å². The molecule has 5 heteroatoms. The number of aliphatic hydroxyl groups is 1. The van der Waals surface area contributed by atoms with Crippen molar-refractivity contribution in [2.24, 2.45) is 5.41 Å². The number of hydrogen-bond acceptors (Lipinski definition) is 2. The fourth-order valence-corrected chi connectivity index (χ4v) is 2.29. The zero-order chi connectivity index (χ0) is 13.4. The van der Waals surface area contributed by atoms with Crippen molar-refractivity contribution in [1.29, 1.82) is 0 Å². The molecule has 0 saturated heterocycles. The van der Waals surface area contributed by atoms with Gasteiger partial charge in [0.15, 0.2) is 0 Å². The van der Waals surface area contributed by atoms with Crippen LogP contribution in [0.3, 0.4) is 0 Å². The predicted octanol–water partition coefficient (Wildman–Crippen LogP) is 3.42. The highest BCUT2D eigenvalue weighted by molar-refractivity contribution is 9.10. The number of aliphatic carboxylic acids is 1. The summed E-state index contributed by atoms with van der Waals surface area (Å²) in [6.45, 7) is 4.39. The molecule has 0 bridgehead atoms. The summed E-state index contributed by atoms with van der Waals surface area (Å²) < 4.78 is 0.773. The summed E-state index contributed by atoms with van der Waals surface area (Å²) in [5.41, 5.74) is -2.50. The van der Waals surface area contributed by atoms with E-state index in [1.807, 2.05) is 0 Å². The first-order chi connectivity index (χ1) is 7.60. The lowest BCUT2D eigenvalue weighted by Crippen LogP contribution is -2.45. The highest BCUT2D eigenvalue weighted by Crippen LogP contribution is 2.42. The first-order valence-electron chi connectivity index (χ1n) is 5.02. The Kier molecular flexibility index (Phi) is 3.91. The van der Waals surface area contributed by atoms with Crippen LogP contribution in [0.4, 0.5) is 0 Å². The number of carboxylic acid groups (broad SMARTS) is 1. The van der Waals surface area contributed by atoms with Crippen molar-refractivity contribution in [2.75, 3.05) is 0 Å². The van der Waals surface area contributed by atoms with E-state index in [1.165, 1.54) is 20.8 Å². The number of hydrogen-bond donors (Lipinski definition) is 2. The Balaban J connectivity index is 3.35. The lowest BCUT2D eigenvalue weighted by molar-refractivity contribution is -0.164. The Labute approximate surface area is 114 Å². The Morgan fingerprint density at radius 2 is 1.88 bits per heavy atom. The molecule has 94 valence electrons. The third kappa shape index (κ3) is 2.49. The van der Waals surface area contributed by atoms with Crippen molar-refractivity contribution < 1.29 is 15.0 Å². The molecule has 0 saturated carbocycles. The average Bonchev–Trinajstić information content (AvgIpc) is 2.16. The number of carboxylic acids is 1. The SMILES string of the molecule is CC(C)(C(=O)O)C(C)(O)c1ccc(Br)cc1Cl. The van der Waals surface area contributed by atoms with Gasteiger partial charge in [0.05, 0.1) is 5.41 Å². The topological polar surface area (TPSA) is 57.5 Å². The van der Waals surface area contributed by atoms with E-state index in [4.69, 9.17) is 11.6 Å².